The molecule has 0 atom stereocenters. The fourth-order valence-corrected chi connectivity index (χ4v) is 10.1. The van der Waals surface area contributed by atoms with Crippen molar-refractivity contribution in [1.29, 1.82) is 0 Å². The lowest BCUT2D eigenvalue weighted by atomic mass is 9.95. The van der Waals surface area contributed by atoms with E-state index in [0.29, 0.717) is 11.6 Å². The molecule has 8 aromatic carbocycles. The molecular weight excluding hydrogens is 813 g/mol. The van der Waals surface area contributed by atoms with Crippen molar-refractivity contribution in [2.75, 3.05) is 0 Å². The van der Waals surface area contributed by atoms with Crippen LogP contribution in [0.3, 0.4) is 0 Å². The Morgan fingerprint density at radius 2 is 0.667 bits per heavy atom. The van der Waals surface area contributed by atoms with Crippen molar-refractivity contribution in [2.45, 2.75) is 13.8 Å². The molecule has 0 aliphatic carbocycles. The number of nitrogens with zero attached hydrogens (tertiary/aromatic N) is 6. The van der Waals surface area contributed by atoms with Gasteiger partial charge in [-0.25, -0.2) is 9.97 Å². The molecule has 0 saturated heterocycles. The fraction of sp³-hybridized carbons (Fsp3) is 0.0690. The van der Waals surface area contributed by atoms with Gasteiger partial charge in [-0.2, -0.15) is 0 Å². The molecule has 0 amide bonds. The number of benzene rings is 8. The van der Waals surface area contributed by atoms with Crippen molar-refractivity contribution in [3.63, 3.8) is 0 Å². The van der Waals surface area contributed by atoms with Crippen molar-refractivity contribution in [1.82, 2.24) is 28.2 Å². The maximum atomic E-state index is 12.3. The van der Waals surface area contributed by atoms with Crippen LogP contribution in [-0.2, 0) is 14.1 Å². The van der Waals surface area contributed by atoms with Crippen molar-refractivity contribution < 1.29 is 10.2 Å². The van der Waals surface area contributed by atoms with E-state index in [0.717, 1.165) is 111 Å². The lowest BCUT2D eigenvalue weighted by Crippen LogP contribution is -1.98. The van der Waals surface area contributed by atoms with Gasteiger partial charge in [0.1, 0.15) is 11.5 Å². The molecule has 0 unspecified atom stereocenters. The third-order valence-corrected chi connectivity index (χ3v) is 13.0. The van der Waals surface area contributed by atoms with Gasteiger partial charge >= 0.3 is 0 Å². The van der Waals surface area contributed by atoms with Gasteiger partial charge < -0.3 is 28.5 Å². The minimum absolute atomic E-state index is 0.199. The van der Waals surface area contributed by atoms with Crippen molar-refractivity contribution in [2.24, 2.45) is 14.1 Å². The van der Waals surface area contributed by atoms with Crippen LogP contribution in [0.1, 0.15) is 11.1 Å². The highest BCUT2D eigenvalue weighted by Crippen LogP contribution is 2.45. The van der Waals surface area contributed by atoms with Crippen LogP contribution in [-0.4, -0.2) is 38.4 Å². The number of rotatable bonds is 7. The van der Waals surface area contributed by atoms with E-state index >= 15 is 0 Å². The largest absolute Gasteiger partial charge is 0.505 e. The number of hydrogen-bond acceptors (Lipinski definition) is 4. The third kappa shape index (κ3) is 5.99. The Hall–Kier alpha value is -8.62. The Morgan fingerprint density at radius 1 is 0.364 bits per heavy atom. The first-order chi connectivity index (χ1) is 32.2. The minimum atomic E-state index is 0.199. The monoisotopic (exact) mass is 856 g/mol. The van der Waals surface area contributed by atoms with Crippen LogP contribution in [0.4, 0.5) is 0 Å². The van der Waals surface area contributed by atoms with Gasteiger partial charge in [-0.05, 0) is 84.6 Å². The van der Waals surface area contributed by atoms with Gasteiger partial charge in [0.2, 0.25) is 0 Å². The molecule has 0 radical (unpaired) electrons. The van der Waals surface area contributed by atoms with Gasteiger partial charge in [0.15, 0.2) is 11.6 Å². The van der Waals surface area contributed by atoms with Crippen LogP contribution in [0.15, 0.2) is 182 Å². The van der Waals surface area contributed by atoms with Crippen LogP contribution < -0.4 is 0 Å². The zero-order valence-corrected chi connectivity index (χ0v) is 36.9. The van der Waals surface area contributed by atoms with Gasteiger partial charge in [-0.3, -0.25) is 0 Å². The smallest absolute Gasteiger partial charge is 0.176 e. The third-order valence-electron chi connectivity index (χ3n) is 13.0. The van der Waals surface area contributed by atoms with Gasteiger partial charge in [-0.15, -0.1) is 0 Å². The molecule has 66 heavy (non-hydrogen) atoms. The Bertz CT molecular complexity index is 3560. The second-order valence-corrected chi connectivity index (χ2v) is 17.3. The van der Waals surface area contributed by atoms with E-state index in [2.05, 4.69) is 144 Å². The number of phenols is 2. The number of aromatic hydroxyl groups is 2. The quantitative estimate of drug-likeness (QED) is 0.167. The molecule has 8 heteroatoms. The first kappa shape index (κ1) is 39.0. The summed E-state index contributed by atoms with van der Waals surface area (Å²) in [5.41, 5.74) is 14.1. The SMILES string of the molecule is Cc1cc(-c2ccccc2-c2cn(C)c(-c3nc(-c4ccccc4-c4cc(C)cc(-n5c6ccccc6c6ccccc65)c4O)cn3C)n2)c(O)c(-n2c3ccccc3c3ccccc32)c1. The molecule has 12 rings (SSSR count). The molecule has 0 bridgehead atoms. The predicted octanol–water partition coefficient (Wildman–Crippen LogP) is 13.7. The van der Waals surface area contributed by atoms with Crippen LogP contribution in [0.2, 0.25) is 0 Å². The van der Waals surface area contributed by atoms with E-state index in [1.165, 1.54) is 0 Å². The van der Waals surface area contributed by atoms with Gasteiger partial charge in [-0.1, -0.05) is 121 Å². The highest BCUT2D eigenvalue weighted by atomic mass is 16.3. The number of imidazole rings is 2. The average molecular weight is 857 g/mol. The number of hydrogen-bond donors (Lipinski definition) is 2. The Morgan fingerprint density at radius 3 is 1.02 bits per heavy atom. The normalized spacial score (nSPS) is 11.8. The van der Waals surface area contributed by atoms with E-state index in [1.807, 2.05) is 84.2 Å². The first-order valence-corrected chi connectivity index (χ1v) is 22.1. The standard InChI is InChI=1S/C58H44N6O2/c1-35-29-45(55(65)53(31-35)63-49-25-13-9-21-41(49)42-22-10-14-26-50(42)63)37-17-5-7-19-39(37)47-33-61(3)57(59-47)58-60-48(34-62(58)4)40-20-8-6-18-38(40)46-30-36(2)32-54(56(46)66)64-51-27-15-11-23-43(51)44-24-12-16-28-52(44)64/h5-34,65-66H,1-4H3. The van der Waals surface area contributed by atoms with Crippen molar-refractivity contribution in [3.05, 3.63) is 193 Å². The molecule has 318 valence electrons. The Kier molecular flexibility index (Phi) is 8.86. The molecule has 8 nitrogen and oxygen atoms in total. The molecule has 0 aliphatic heterocycles. The molecule has 0 fully saturated rings. The van der Waals surface area contributed by atoms with Crippen LogP contribution >= 0.6 is 0 Å². The summed E-state index contributed by atoms with van der Waals surface area (Å²) in [6.07, 6.45) is 4.05. The highest BCUT2D eigenvalue weighted by molar-refractivity contribution is 6.11. The lowest BCUT2D eigenvalue weighted by Gasteiger charge is -2.16. The molecule has 4 aromatic heterocycles. The molecule has 2 N–H and O–H groups in total. The summed E-state index contributed by atoms with van der Waals surface area (Å²) in [6, 6.07) is 57.9. The Balaban J connectivity index is 0.944. The van der Waals surface area contributed by atoms with Gasteiger partial charge in [0, 0.05) is 70.3 Å². The summed E-state index contributed by atoms with van der Waals surface area (Å²) in [5, 5.41) is 29.2. The second kappa shape index (κ2) is 15.0. The van der Waals surface area contributed by atoms with E-state index < -0.39 is 0 Å². The summed E-state index contributed by atoms with van der Waals surface area (Å²) >= 11 is 0. The van der Waals surface area contributed by atoms with Crippen LogP contribution in [0, 0.1) is 13.8 Å². The lowest BCUT2D eigenvalue weighted by molar-refractivity contribution is 0.474. The summed E-state index contributed by atoms with van der Waals surface area (Å²) in [4.78, 5) is 10.5. The zero-order chi connectivity index (χ0) is 44.8. The number of aryl methyl sites for hydroxylation is 4. The van der Waals surface area contributed by atoms with Crippen LogP contribution in [0.5, 0.6) is 11.5 Å². The summed E-state index contributed by atoms with van der Waals surface area (Å²) < 4.78 is 8.35. The summed E-state index contributed by atoms with van der Waals surface area (Å²) in [7, 11) is 3.98. The van der Waals surface area contributed by atoms with E-state index in [-0.39, 0.29) is 11.5 Å². The highest BCUT2D eigenvalue weighted by Gasteiger charge is 2.24. The fourth-order valence-electron chi connectivity index (χ4n) is 10.1. The van der Waals surface area contributed by atoms with Crippen molar-refractivity contribution in [3.8, 4) is 79.3 Å². The first-order valence-electron chi connectivity index (χ1n) is 22.1. The van der Waals surface area contributed by atoms with E-state index in [9.17, 15) is 10.2 Å². The molecule has 4 heterocycles. The summed E-state index contributed by atoms with van der Waals surface area (Å²) in [5.74, 6) is 1.78. The van der Waals surface area contributed by atoms with Crippen LogP contribution in [0.25, 0.3) is 111 Å². The maximum absolute atomic E-state index is 12.3. The molecular formula is C58H44N6O2. The number of fused-ring (bicyclic) bond motifs is 6. The molecule has 0 spiro atoms. The molecule has 0 aliphatic rings. The topological polar surface area (TPSA) is 86.0 Å². The summed E-state index contributed by atoms with van der Waals surface area (Å²) in [6.45, 7) is 4.15. The maximum Gasteiger partial charge on any atom is 0.176 e. The average Bonchev–Trinajstić information content (AvgIpc) is 4.10. The van der Waals surface area contributed by atoms with Crippen molar-refractivity contribution >= 4 is 43.6 Å². The predicted molar refractivity (Wildman–Crippen MR) is 269 cm³/mol. The van der Waals surface area contributed by atoms with E-state index in [1.54, 1.807) is 0 Å². The minimum Gasteiger partial charge on any atom is -0.505 e. The number of aromatic nitrogens is 6. The van der Waals surface area contributed by atoms with Gasteiger partial charge in [0.05, 0.1) is 44.8 Å². The van der Waals surface area contributed by atoms with E-state index in [4.69, 9.17) is 9.97 Å². The van der Waals surface area contributed by atoms with Gasteiger partial charge in [0.25, 0.3) is 0 Å². The second-order valence-electron chi connectivity index (χ2n) is 17.3. The Labute approximate surface area is 381 Å². The number of para-hydroxylation sites is 4. The number of phenolic OH excluding ortho intramolecular Hbond substituents is 2. The zero-order valence-electron chi connectivity index (χ0n) is 36.9. The molecule has 0 saturated carbocycles. The molecule has 12 aromatic rings.